The molecule has 0 bridgehead atoms. The zero-order valence-electron chi connectivity index (χ0n) is 9.25. The third-order valence-electron chi connectivity index (χ3n) is 4.39. The van der Waals surface area contributed by atoms with Crippen LogP contribution in [-0.4, -0.2) is 16.6 Å². The number of allylic oxidation sites excluding steroid dienone is 1. The minimum atomic E-state index is -0.563. The highest BCUT2D eigenvalue weighted by Gasteiger charge is 2.50. The van der Waals surface area contributed by atoms with E-state index in [2.05, 4.69) is 0 Å². The Hall–Kier alpha value is -0.830. The van der Waals surface area contributed by atoms with Crippen LogP contribution in [0.1, 0.15) is 45.4 Å². The monoisotopic (exact) mass is 209 g/mol. The lowest BCUT2D eigenvalue weighted by atomic mass is 9.66. The average molecular weight is 209 g/mol. The van der Waals surface area contributed by atoms with E-state index in [1.54, 1.807) is 0 Å². The molecule has 3 nitrogen and oxygen atoms in total. The van der Waals surface area contributed by atoms with Crippen LogP contribution in [0.2, 0.25) is 0 Å². The molecule has 1 amide bonds. The molecule has 0 aliphatic heterocycles. The van der Waals surface area contributed by atoms with Gasteiger partial charge in [0.25, 0.3) is 0 Å². The van der Waals surface area contributed by atoms with Crippen LogP contribution >= 0.6 is 0 Å². The van der Waals surface area contributed by atoms with Crippen LogP contribution < -0.4 is 5.73 Å². The Bertz CT molecular complexity index is 320. The number of primary amides is 1. The van der Waals surface area contributed by atoms with Crippen LogP contribution in [0.15, 0.2) is 11.6 Å². The first kappa shape index (κ1) is 10.7. The van der Waals surface area contributed by atoms with Gasteiger partial charge in [0.2, 0.25) is 5.91 Å². The molecule has 0 unspecified atom stereocenters. The van der Waals surface area contributed by atoms with E-state index in [9.17, 15) is 9.90 Å². The summed E-state index contributed by atoms with van der Waals surface area (Å²) >= 11 is 0. The van der Waals surface area contributed by atoms with Crippen molar-refractivity contribution in [3.05, 3.63) is 11.6 Å². The van der Waals surface area contributed by atoms with Gasteiger partial charge >= 0.3 is 0 Å². The van der Waals surface area contributed by atoms with Gasteiger partial charge in [-0.25, -0.2) is 0 Å². The number of amides is 1. The SMILES string of the molecule is C[C@@]1(O)CCC[C@@]12CC=C(C(N)=O)CC2. The molecular formula is C12H19NO2. The molecule has 2 aliphatic carbocycles. The number of nitrogens with two attached hydrogens (primary N) is 1. The lowest BCUT2D eigenvalue weighted by Gasteiger charge is -2.42. The Labute approximate surface area is 90.3 Å². The van der Waals surface area contributed by atoms with Crippen LogP contribution in [0.3, 0.4) is 0 Å². The highest BCUT2D eigenvalue weighted by atomic mass is 16.3. The molecule has 2 atom stereocenters. The Morgan fingerprint density at radius 2 is 2.20 bits per heavy atom. The molecule has 0 aromatic rings. The number of hydrogen-bond donors (Lipinski definition) is 2. The first-order valence-electron chi connectivity index (χ1n) is 5.68. The van der Waals surface area contributed by atoms with Gasteiger partial charge in [0, 0.05) is 11.0 Å². The van der Waals surface area contributed by atoms with Crippen molar-refractivity contribution < 1.29 is 9.90 Å². The molecule has 0 heterocycles. The van der Waals surface area contributed by atoms with E-state index >= 15 is 0 Å². The lowest BCUT2D eigenvalue weighted by molar-refractivity contribution is -0.115. The third kappa shape index (κ3) is 1.59. The van der Waals surface area contributed by atoms with Crippen LogP contribution in [0.5, 0.6) is 0 Å². The second kappa shape index (κ2) is 3.34. The van der Waals surface area contributed by atoms with Gasteiger partial charge in [-0.15, -0.1) is 0 Å². The zero-order valence-corrected chi connectivity index (χ0v) is 9.25. The van der Waals surface area contributed by atoms with Crippen LogP contribution in [-0.2, 0) is 4.79 Å². The molecule has 0 radical (unpaired) electrons. The minimum Gasteiger partial charge on any atom is -0.390 e. The maximum Gasteiger partial charge on any atom is 0.244 e. The summed E-state index contributed by atoms with van der Waals surface area (Å²) in [4.78, 5) is 11.0. The van der Waals surface area contributed by atoms with Crippen molar-refractivity contribution in [3.63, 3.8) is 0 Å². The van der Waals surface area contributed by atoms with Crippen molar-refractivity contribution in [3.8, 4) is 0 Å². The van der Waals surface area contributed by atoms with E-state index in [0.29, 0.717) is 0 Å². The quantitative estimate of drug-likeness (QED) is 0.687. The van der Waals surface area contributed by atoms with Crippen molar-refractivity contribution in [1.29, 1.82) is 0 Å². The predicted octanol–water partition coefficient (Wildman–Crippen LogP) is 1.50. The average Bonchev–Trinajstić information content (AvgIpc) is 2.43. The normalized spacial score (nSPS) is 40.5. The van der Waals surface area contributed by atoms with Crippen LogP contribution in [0.4, 0.5) is 0 Å². The molecule has 1 spiro atoms. The Kier molecular flexibility index (Phi) is 2.38. The summed E-state index contributed by atoms with van der Waals surface area (Å²) in [5.41, 5.74) is 5.43. The fourth-order valence-electron chi connectivity index (χ4n) is 3.14. The summed E-state index contributed by atoms with van der Waals surface area (Å²) < 4.78 is 0. The number of rotatable bonds is 1. The predicted molar refractivity (Wildman–Crippen MR) is 58.0 cm³/mol. The van der Waals surface area contributed by atoms with E-state index in [-0.39, 0.29) is 11.3 Å². The molecule has 2 aliphatic rings. The third-order valence-corrected chi connectivity index (χ3v) is 4.39. The smallest absolute Gasteiger partial charge is 0.244 e. The fourth-order valence-corrected chi connectivity index (χ4v) is 3.14. The standard InChI is InChI=1S/C12H19NO2/c1-11(15)5-2-6-12(11)7-3-9(4-8-12)10(13)14/h3,15H,2,4-8H2,1H3,(H2,13,14)/t11-,12+/m1/s1. The van der Waals surface area contributed by atoms with Gasteiger partial charge in [-0.3, -0.25) is 4.79 Å². The van der Waals surface area contributed by atoms with Crippen molar-refractivity contribution in [2.45, 2.75) is 51.0 Å². The summed E-state index contributed by atoms with van der Waals surface area (Å²) in [6, 6.07) is 0. The Morgan fingerprint density at radius 3 is 2.60 bits per heavy atom. The maximum atomic E-state index is 11.0. The van der Waals surface area contributed by atoms with Gasteiger partial charge < -0.3 is 10.8 Å². The van der Waals surface area contributed by atoms with Crippen molar-refractivity contribution in [2.24, 2.45) is 11.1 Å². The molecule has 0 aromatic carbocycles. The van der Waals surface area contributed by atoms with E-state index < -0.39 is 5.60 Å². The second-order valence-electron chi connectivity index (χ2n) is 5.21. The molecule has 2 rings (SSSR count). The number of hydrogen-bond acceptors (Lipinski definition) is 2. The van der Waals surface area contributed by atoms with E-state index in [4.69, 9.17) is 5.73 Å². The summed E-state index contributed by atoms with van der Waals surface area (Å²) in [7, 11) is 0. The molecule has 0 saturated heterocycles. The molecule has 15 heavy (non-hydrogen) atoms. The Morgan fingerprint density at radius 1 is 1.47 bits per heavy atom. The van der Waals surface area contributed by atoms with Gasteiger partial charge in [-0.1, -0.05) is 6.08 Å². The topological polar surface area (TPSA) is 63.3 Å². The molecule has 3 heteroatoms. The molecule has 84 valence electrons. The molecule has 0 aromatic heterocycles. The molecular weight excluding hydrogens is 190 g/mol. The van der Waals surface area contributed by atoms with Gasteiger partial charge in [0.1, 0.15) is 0 Å². The van der Waals surface area contributed by atoms with Crippen molar-refractivity contribution >= 4 is 5.91 Å². The molecule has 3 N–H and O–H groups in total. The van der Waals surface area contributed by atoms with Gasteiger partial charge in [-0.2, -0.15) is 0 Å². The minimum absolute atomic E-state index is 0.00590. The Balaban J connectivity index is 2.19. The summed E-state index contributed by atoms with van der Waals surface area (Å²) in [5.74, 6) is -0.303. The fraction of sp³-hybridized carbons (Fsp3) is 0.750. The maximum absolute atomic E-state index is 11.0. The lowest BCUT2D eigenvalue weighted by Crippen LogP contribution is -2.42. The second-order valence-corrected chi connectivity index (χ2v) is 5.21. The zero-order chi connectivity index (χ0) is 11.1. The molecule has 1 saturated carbocycles. The van der Waals surface area contributed by atoms with E-state index in [1.807, 2.05) is 13.0 Å². The van der Waals surface area contributed by atoms with E-state index in [1.165, 1.54) is 0 Å². The summed E-state index contributed by atoms with van der Waals surface area (Å²) in [6.45, 7) is 1.93. The van der Waals surface area contributed by atoms with Crippen LogP contribution in [0.25, 0.3) is 0 Å². The number of carbonyl (C=O) groups excluding carboxylic acids is 1. The van der Waals surface area contributed by atoms with Crippen molar-refractivity contribution in [1.82, 2.24) is 0 Å². The summed E-state index contributed by atoms with van der Waals surface area (Å²) in [6.07, 6.45) is 7.41. The van der Waals surface area contributed by atoms with E-state index in [0.717, 1.165) is 44.1 Å². The molecule has 1 fully saturated rings. The summed E-state index contributed by atoms with van der Waals surface area (Å²) in [5, 5.41) is 10.3. The first-order chi connectivity index (χ1) is 6.97. The largest absolute Gasteiger partial charge is 0.390 e. The number of aliphatic hydroxyl groups is 1. The highest BCUT2D eigenvalue weighted by molar-refractivity contribution is 5.92. The highest BCUT2D eigenvalue weighted by Crippen LogP contribution is 2.54. The van der Waals surface area contributed by atoms with Gasteiger partial charge in [0.05, 0.1) is 5.60 Å². The van der Waals surface area contributed by atoms with Gasteiger partial charge in [0.15, 0.2) is 0 Å². The van der Waals surface area contributed by atoms with Gasteiger partial charge in [-0.05, 0) is 45.4 Å². The first-order valence-corrected chi connectivity index (χ1v) is 5.68. The van der Waals surface area contributed by atoms with Crippen molar-refractivity contribution in [2.75, 3.05) is 0 Å². The number of carbonyl (C=O) groups is 1. The van der Waals surface area contributed by atoms with Crippen LogP contribution in [0, 0.1) is 5.41 Å².